The molecule has 2 aromatic carbocycles. The highest BCUT2D eigenvalue weighted by atomic mass is 16.2. The third kappa shape index (κ3) is 5.25. The number of carbonyl (C=O) groups is 2. The summed E-state index contributed by atoms with van der Waals surface area (Å²) in [6.07, 6.45) is 0.775. The molecule has 2 N–H and O–H groups in total. The predicted octanol–water partition coefficient (Wildman–Crippen LogP) is 2.39. The number of nitrogens with one attached hydrogen (secondary N) is 2. The fourth-order valence-electron chi connectivity index (χ4n) is 2.20. The number of benzene rings is 2. The Labute approximate surface area is 136 Å². The van der Waals surface area contributed by atoms with Crippen molar-refractivity contribution in [1.82, 2.24) is 10.6 Å². The summed E-state index contributed by atoms with van der Waals surface area (Å²) >= 11 is 0. The van der Waals surface area contributed by atoms with E-state index < -0.39 is 0 Å². The van der Waals surface area contributed by atoms with Crippen molar-refractivity contribution >= 4 is 11.8 Å². The second-order valence-corrected chi connectivity index (χ2v) is 5.57. The van der Waals surface area contributed by atoms with Gasteiger partial charge in [-0.2, -0.15) is 0 Å². The summed E-state index contributed by atoms with van der Waals surface area (Å²) in [6.45, 7) is 4.50. The zero-order valence-corrected chi connectivity index (χ0v) is 13.6. The Balaban J connectivity index is 1.73. The molecule has 23 heavy (non-hydrogen) atoms. The standard InChI is InChI=1S/C19H22N2O2/c1-14-8-9-17(12-15(14)2)19(23)21-13-18(22)20-11-10-16-6-4-3-5-7-16/h3-9,12H,10-11,13H2,1-2H3,(H,20,22)(H,21,23). The molecule has 2 amide bonds. The number of hydrogen-bond donors (Lipinski definition) is 2. The van der Waals surface area contributed by atoms with Gasteiger partial charge in [0.15, 0.2) is 0 Å². The molecule has 0 unspecified atom stereocenters. The lowest BCUT2D eigenvalue weighted by atomic mass is 10.1. The third-order valence-corrected chi connectivity index (χ3v) is 3.76. The molecule has 0 heterocycles. The Hall–Kier alpha value is -2.62. The first kappa shape index (κ1) is 16.7. The van der Waals surface area contributed by atoms with E-state index in [2.05, 4.69) is 10.6 Å². The largest absolute Gasteiger partial charge is 0.354 e. The van der Waals surface area contributed by atoms with Gasteiger partial charge in [-0.1, -0.05) is 36.4 Å². The highest BCUT2D eigenvalue weighted by Gasteiger charge is 2.08. The molecule has 0 radical (unpaired) electrons. The second-order valence-electron chi connectivity index (χ2n) is 5.57. The van der Waals surface area contributed by atoms with Crippen LogP contribution in [-0.2, 0) is 11.2 Å². The molecular weight excluding hydrogens is 288 g/mol. The molecule has 0 fully saturated rings. The minimum atomic E-state index is -0.230. The van der Waals surface area contributed by atoms with E-state index >= 15 is 0 Å². The van der Waals surface area contributed by atoms with Gasteiger partial charge in [-0.15, -0.1) is 0 Å². The highest BCUT2D eigenvalue weighted by molar-refractivity contribution is 5.96. The lowest BCUT2D eigenvalue weighted by Gasteiger charge is -2.08. The van der Waals surface area contributed by atoms with E-state index in [-0.39, 0.29) is 18.4 Å². The van der Waals surface area contributed by atoms with Crippen molar-refractivity contribution in [3.8, 4) is 0 Å². The first-order chi connectivity index (χ1) is 11.1. The molecular formula is C19H22N2O2. The van der Waals surface area contributed by atoms with Crippen LogP contribution in [0.25, 0.3) is 0 Å². The topological polar surface area (TPSA) is 58.2 Å². The molecule has 2 aromatic rings. The summed E-state index contributed by atoms with van der Waals surface area (Å²) in [5.74, 6) is -0.413. The van der Waals surface area contributed by atoms with E-state index in [4.69, 9.17) is 0 Å². The molecule has 0 bridgehead atoms. The average Bonchev–Trinajstić information content (AvgIpc) is 2.56. The van der Waals surface area contributed by atoms with Crippen LogP contribution in [0.1, 0.15) is 27.0 Å². The molecule has 0 saturated carbocycles. The van der Waals surface area contributed by atoms with E-state index in [1.54, 1.807) is 6.07 Å². The molecule has 0 aliphatic carbocycles. The Morgan fingerprint density at radius 1 is 0.913 bits per heavy atom. The molecule has 0 aromatic heterocycles. The van der Waals surface area contributed by atoms with Crippen molar-refractivity contribution in [3.63, 3.8) is 0 Å². The van der Waals surface area contributed by atoms with Crippen molar-refractivity contribution in [2.24, 2.45) is 0 Å². The van der Waals surface area contributed by atoms with E-state index in [1.165, 1.54) is 5.56 Å². The molecule has 2 rings (SSSR count). The molecule has 120 valence electrons. The van der Waals surface area contributed by atoms with Gasteiger partial charge in [0, 0.05) is 12.1 Å². The lowest BCUT2D eigenvalue weighted by molar-refractivity contribution is -0.120. The van der Waals surface area contributed by atoms with Gasteiger partial charge in [0.1, 0.15) is 0 Å². The molecule has 0 atom stereocenters. The smallest absolute Gasteiger partial charge is 0.251 e. The molecule has 0 spiro atoms. The van der Waals surface area contributed by atoms with Crippen LogP contribution in [0, 0.1) is 13.8 Å². The van der Waals surface area contributed by atoms with Crippen molar-refractivity contribution < 1.29 is 9.59 Å². The van der Waals surface area contributed by atoms with Crippen molar-refractivity contribution in [2.75, 3.05) is 13.1 Å². The van der Waals surface area contributed by atoms with Crippen LogP contribution in [0.3, 0.4) is 0 Å². The maximum atomic E-state index is 12.0. The van der Waals surface area contributed by atoms with Gasteiger partial charge in [-0.05, 0) is 49.1 Å². The minimum Gasteiger partial charge on any atom is -0.354 e. The molecule has 0 aliphatic heterocycles. The summed E-state index contributed by atoms with van der Waals surface area (Å²) < 4.78 is 0. The van der Waals surface area contributed by atoms with E-state index in [9.17, 15) is 9.59 Å². The lowest BCUT2D eigenvalue weighted by Crippen LogP contribution is -2.37. The summed E-state index contributed by atoms with van der Waals surface area (Å²) in [6, 6.07) is 15.5. The Morgan fingerprint density at radius 2 is 1.65 bits per heavy atom. The second kappa shape index (κ2) is 8.13. The predicted molar refractivity (Wildman–Crippen MR) is 91.4 cm³/mol. The van der Waals surface area contributed by atoms with E-state index in [0.29, 0.717) is 12.1 Å². The maximum Gasteiger partial charge on any atom is 0.251 e. The van der Waals surface area contributed by atoms with Gasteiger partial charge in [-0.3, -0.25) is 9.59 Å². The number of hydrogen-bond acceptors (Lipinski definition) is 2. The van der Waals surface area contributed by atoms with Crippen LogP contribution < -0.4 is 10.6 Å². The zero-order valence-electron chi connectivity index (χ0n) is 13.6. The van der Waals surface area contributed by atoms with Gasteiger partial charge >= 0.3 is 0 Å². The number of rotatable bonds is 6. The van der Waals surface area contributed by atoms with Crippen molar-refractivity contribution in [2.45, 2.75) is 20.3 Å². The van der Waals surface area contributed by atoms with E-state index in [1.807, 2.05) is 56.3 Å². The van der Waals surface area contributed by atoms with Gasteiger partial charge in [0.2, 0.25) is 5.91 Å². The number of aryl methyl sites for hydroxylation is 2. The third-order valence-electron chi connectivity index (χ3n) is 3.76. The quantitative estimate of drug-likeness (QED) is 0.861. The molecule has 4 nitrogen and oxygen atoms in total. The first-order valence-electron chi connectivity index (χ1n) is 7.72. The van der Waals surface area contributed by atoms with Crippen molar-refractivity contribution in [1.29, 1.82) is 0 Å². The zero-order chi connectivity index (χ0) is 16.7. The van der Waals surface area contributed by atoms with Crippen LogP contribution in [0.4, 0.5) is 0 Å². The van der Waals surface area contributed by atoms with Gasteiger partial charge in [0.25, 0.3) is 5.91 Å². The molecule has 4 heteroatoms. The average molecular weight is 310 g/mol. The van der Waals surface area contributed by atoms with E-state index in [0.717, 1.165) is 17.5 Å². The first-order valence-corrected chi connectivity index (χ1v) is 7.72. The van der Waals surface area contributed by atoms with Crippen LogP contribution in [0.5, 0.6) is 0 Å². The Morgan fingerprint density at radius 3 is 2.35 bits per heavy atom. The fraction of sp³-hybridized carbons (Fsp3) is 0.263. The van der Waals surface area contributed by atoms with Gasteiger partial charge < -0.3 is 10.6 Å². The fourth-order valence-corrected chi connectivity index (χ4v) is 2.20. The minimum absolute atomic E-state index is 0.0133. The maximum absolute atomic E-state index is 12.0. The van der Waals surface area contributed by atoms with Crippen molar-refractivity contribution in [3.05, 3.63) is 70.8 Å². The van der Waals surface area contributed by atoms with Crippen LogP contribution in [0.15, 0.2) is 48.5 Å². The SMILES string of the molecule is Cc1ccc(C(=O)NCC(=O)NCCc2ccccc2)cc1C. The Kier molecular flexibility index (Phi) is 5.92. The highest BCUT2D eigenvalue weighted by Crippen LogP contribution is 2.09. The number of carbonyl (C=O) groups excluding carboxylic acids is 2. The van der Waals surface area contributed by atoms with Crippen LogP contribution >= 0.6 is 0 Å². The van der Waals surface area contributed by atoms with Crippen LogP contribution in [-0.4, -0.2) is 24.9 Å². The summed E-state index contributed by atoms with van der Waals surface area (Å²) in [5, 5.41) is 5.45. The normalized spacial score (nSPS) is 10.2. The van der Waals surface area contributed by atoms with Gasteiger partial charge in [0.05, 0.1) is 6.54 Å². The molecule has 0 saturated heterocycles. The monoisotopic (exact) mass is 310 g/mol. The summed E-state index contributed by atoms with van der Waals surface area (Å²) in [4.78, 5) is 23.8. The molecule has 0 aliphatic rings. The summed E-state index contributed by atoms with van der Waals surface area (Å²) in [5.41, 5.74) is 3.95. The van der Waals surface area contributed by atoms with Crippen LogP contribution in [0.2, 0.25) is 0 Å². The van der Waals surface area contributed by atoms with Gasteiger partial charge in [-0.25, -0.2) is 0 Å². The number of amides is 2. The Bertz CT molecular complexity index is 681. The summed E-state index contributed by atoms with van der Waals surface area (Å²) in [7, 11) is 0.